The minimum absolute atomic E-state index is 0.0472. The highest BCUT2D eigenvalue weighted by atomic mass is 16.5. The van der Waals surface area contributed by atoms with Crippen LogP contribution in [0.2, 0.25) is 0 Å². The number of nitrogens with one attached hydrogen (secondary N) is 1. The van der Waals surface area contributed by atoms with Crippen LogP contribution in [-0.4, -0.2) is 44.5 Å². The predicted octanol–water partition coefficient (Wildman–Crippen LogP) is 1.54. The van der Waals surface area contributed by atoms with E-state index >= 15 is 0 Å². The first-order valence-corrected chi connectivity index (χ1v) is 7.35. The molecular formula is C16H22N2O3. The van der Waals surface area contributed by atoms with Crippen molar-refractivity contribution >= 4 is 17.9 Å². The van der Waals surface area contributed by atoms with Crippen molar-refractivity contribution in [2.75, 3.05) is 31.2 Å². The molecule has 21 heavy (non-hydrogen) atoms. The molecule has 1 aromatic carbocycles. The van der Waals surface area contributed by atoms with Crippen molar-refractivity contribution < 1.29 is 14.3 Å². The quantitative estimate of drug-likeness (QED) is 0.836. The molecule has 1 aliphatic heterocycles. The zero-order chi connectivity index (χ0) is 15.2. The molecule has 2 rings (SSSR count). The van der Waals surface area contributed by atoms with Gasteiger partial charge in [-0.05, 0) is 25.5 Å². The van der Waals surface area contributed by atoms with Crippen molar-refractivity contribution in [2.45, 2.75) is 26.3 Å². The number of amides is 1. The van der Waals surface area contributed by atoms with Gasteiger partial charge < -0.3 is 15.0 Å². The summed E-state index contributed by atoms with van der Waals surface area (Å²) >= 11 is 0. The molecule has 0 bridgehead atoms. The lowest BCUT2D eigenvalue weighted by molar-refractivity contribution is -0.124. The molecule has 0 saturated carbocycles. The van der Waals surface area contributed by atoms with E-state index in [1.807, 2.05) is 36.9 Å². The average molecular weight is 290 g/mol. The summed E-state index contributed by atoms with van der Waals surface area (Å²) in [7, 11) is 0. The zero-order valence-electron chi connectivity index (χ0n) is 12.6. The fourth-order valence-electron chi connectivity index (χ4n) is 2.51. The number of hydrogen-bond donors (Lipinski definition) is 1. The molecule has 5 heteroatoms. The van der Waals surface area contributed by atoms with Crippen LogP contribution in [-0.2, 0) is 9.53 Å². The Morgan fingerprint density at radius 2 is 2.33 bits per heavy atom. The third kappa shape index (κ3) is 3.61. The molecule has 0 spiro atoms. The average Bonchev–Trinajstić information content (AvgIpc) is 2.52. The van der Waals surface area contributed by atoms with E-state index in [0.717, 1.165) is 24.0 Å². The van der Waals surface area contributed by atoms with Gasteiger partial charge in [-0.3, -0.25) is 9.59 Å². The van der Waals surface area contributed by atoms with Crippen LogP contribution in [0.1, 0.15) is 29.3 Å². The Bertz CT molecular complexity index is 516. The van der Waals surface area contributed by atoms with E-state index in [-0.39, 0.29) is 11.9 Å². The Labute approximate surface area is 125 Å². The van der Waals surface area contributed by atoms with E-state index < -0.39 is 0 Å². The smallest absolute Gasteiger partial charge is 0.245 e. The molecule has 1 saturated heterocycles. The number of carbonyl (C=O) groups is 2. The Hall–Kier alpha value is -1.88. The number of benzene rings is 1. The maximum absolute atomic E-state index is 12.3. The lowest BCUT2D eigenvalue weighted by atomic mass is 10.1. The van der Waals surface area contributed by atoms with Crippen LogP contribution in [0, 0.1) is 6.92 Å². The van der Waals surface area contributed by atoms with Crippen LogP contribution >= 0.6 is 0 Å². The van der Waals surface area contributed by atoms with Crippen LogP contribution in [0.4, 0.5) is 5.69 Å². The van der Waals surface area contributed by atoms with Gasteiger partial charge in [0, 0.05) is 24.3 Å². The molecule has 1 atom stereocenters. The second-order valence-electron chi connectivity index (χ2n) is 5.26. The van der Waals surface area contributed by atoms with Crippen LogP contribution in [0.3, 0.4) is 0 Å². The van der Waals surface area contributed by atoms with E-state index in [0.29, 0.717) is 31.9 Å². The number of aryl methyl sites for hydroxylation is 1. The first-order valence-electron chi connectivity index (χ1n) is 7.35. The summed E-state index contributed by atoms with van der Waals surface area (Å²) in [6, 6.07) is 5.33. The molecule has 1 fully saturated rings. The lowest BCUT2D eigenvalue weighted by Gasteiger charge is -2.37. The lowest BCUT2D eigenvalue weighted by Crippen LogP contribution is -2.54. The molecule has 1 aromatic rings. The molecule has 1 amide bonds. The van der Waals surface area contributed by atoms with Crippen molar-refractivity contribution in [3.63, 3.8) is 0 Å². The van der Waals surface area contributed by atoms with E-state index in [1.165, 1.54) is 0 Å². The predicted molar refractivity (Wildman–Crippen MR) is 81.8 cm³/mol. The molecule has 1 unspecified atom stereocenters. The minimum atomic E-state index is -0.383. The van der Waals surface area contributed by atoms with Crippen molar-refractivity contribution in [1.82, 2.24) is 5.32 Å². The summed E-state index contributed by atoms with van der Waals surface area (Å²) in [5.41, 5.74) is 2.45. The van der Waals surface area contributed by atoms with Crippen molar-refractivity contribution in [2.24, 2.45) is 0 Å². The van der Waals surface area contributed by atoms with E-state index in [9.17, 15) is 9.59 Å². The van der Waals surface area contributed by atoms with Crippen LogP contribution < -0.4 is 10.2 Å². The van der Waals surface area contributed by atoms with E-state index in [2.05, 4.69) is 5.32 Å². The number of carbonyl (C=O) groups excluding carboxylic acids is 2. The maximum atomic E-state index is 12.3. The van der Waals surface area contributed by atoms with Crippen molar-refractivity contribution in [3.8, 4) is 0 Å². The van der Waals surface area contributed by atoms with Gasteiger partial charge in [0.15, 0.2) is 6.29 Å². The fourth-order valence-corrected chi connectivity index (χ4v) is 2.51. The van der Waals surface area contributed by atoms with Crippen molar-refractivity contribution in [1.29, 1.82) is 0 Å². The molecule has 5 nitrogen and oxygen atoms in total. The van der Waals surface area contributed by atoms with Gasteiger partial charge in [0.05, 0.1) is 13.2 Å². The van der Waals surface area contributed by atoms with E-state index in [4.69, 9.17) is 4.74 Å². The third-order valence-corrected chi connectivity index (χ3v) is 3.60. The summed E-state index contributed by atoms with van der Waals surface area (Å²) in [5, 5.41) is 2.90. The summed E-state index contributed by atoms with van der Waals surface area (Å²) in [6.07, 6.45) is 1.74. The summed E-state index contributed by atoms with van der Waals surface area (Å²) in [5.74, 6) is -0.0472. The summed E-state index contributed by atoms with van der Waals surface area (Å²) in [6.45, 7) is 6.12. The third-order valence-electron chi connectivity index (χ3n) is 3.60. The van der Waals surface area contributed by atoms with Gasteiger partial charge in [0.2, 0.25) is 5.91 Å². The van der Waals surface area contributed by atoms with Gasteiger partial charge in [0.1, 0.15) is 6.04 Å². The number of rotatable bonds is 5. The van der Waals surface area contributed by atoms with Gasteiger partial charge in [-0.15, -0.1) is 0 Å². The molecule has 0 radical (unpaired) electrons. The number of aldehydes is 1. The summed E-state index contributed by atoms with van der Waals surface area (Å²) in [4.78, 5) is 25.6. The van der Waals surface area contributed by atoms with Gasteiger partial charge in [-0.1, -0.05) is 18.6 Å². The molecule has 114 valence electrons. The number of morpholine rings is 1. The van der Waals surface area contributed by atoms with E-state index in [1.54, 1.807) is 0 Å². The number of nitrogens with zero attached hydrogens (tertiary/aromatic N) is 1. The normalized spacial score (nSPS) is 18.4. The Morgan fingerprint density at radius 1 is 1.52 bits per heavy atom. The van der Waals surface area contributed by atoms with Crippen LogP contribution in [0.15, 0.2) is 18.2 Å². The maximum Gasteiger partial charge on any atom is 0.245 e. The standard InChI is InChI=1S/C16H22N2O3/c1-3-6-17-16(20)15-11-21-8-7-18(15)14-5-4-12(2)9-13(14)10-19/h4-5,9-10,15H,3,6-8,11H2,1-2H3,(H,17,20). The highest BCUT2D eigenvalue weighted by Crippen LogP contribution is 2.24. The first kappa shape index (κ1) is 15.5. The summed E-state index contributed by atoms with van der Waals surface area (Å²) < 4.78 is 5.44. The SMILES string of the molecule is CCCNC(=O)C1COCCN1c1ccc(C)cc1C=O. The topological polar surface area (TPSA) is 58.6 Å². The molecule has 0 aromatic heterocycles. The highest BCUT2D eigenvalue weighted by Gasteiger charge is 2.30. The molecule has 1 heterocycles. The van der Waals surface area contributed by atoms with Gasteiger partial charge in [0.25, 0.3) is 0 Å². The Balaban J connectivity index is 2.26. The second kappa shape index (κ2) is 7.22. The van der Waals surface area contributed by atoms with Gasteiger partial charge in [-0.25, -0.2) is 0 Å². The number of hydrogen-bond acceptors (Lipinski definition) is 4. The second-order valence-corrected chi connectivity index (χ2v) is 5.26. The van der Waals surface area contributed by atoms with Crippen LogP contribution in [0.25, 0.3) is 0 Å². The highest BCUT2D eigenvalue weighted by molar-refractivity contribution is 5.90. The molecule has 1 N–H and O–H groups in total. The van der Waals surface area contributed by atoms with Gasteiger partial charge >= 0.3 is 0 Å². The molecule has 0 aliphatic carbocycles. The number of ether oxygens (including phenoxy) is 1. The molecular weight excluding hydrogens is 268 g/mol. The van der Waals surface area contributed by atoms with Crippen molar-refractivity contribution in [3.05, 3.63) is 29.3 Å². The minimum Gasteiger partial charge on any atom is -0.377 e. The Morgan fingerprint density at radius 3 is 3.05 bits per heavy atom. The van der Waals surface area contributed by atoms with Crippen LogP contribution in [0.5, 0.6) is 0 Å². The monoisotopic (exact) mass is 290 g/mol. The fraction of sp³-hybridized carbons (Fsp3) is 0.500. The zero-order valence-corrected chi connectivity index (χ0v) is 12.6. The van der Waals surface area contributed by atoms with Gasteiger partial charge in [-0.2, -0.15) is 0 Å². The largest absolute Gasteiger partial charge is 0.377 e. The molecule has 1 aliphatic rings. The first-order chi connectivity index (χ1) is 10.2. The number of anilines is 1. The Kier molecular flexibility index (Phi) is 5.33.